The molecule has 0 amide bonds. The summed E-state index contributed by atoms with van der Waals surface area (Å²) in [5.74, 6) is 0.727. The van der Waals surface area contributed by atoms with Crippen molar-refractivity contribution in [1.29, 1.82) is 5.26 Å². The van der Waals surface area contributed by atoms with E-state index in [-0.39, 0.29) is 6.10 Å². The Morgan fingerprint density at radius 3 is 2.55 bits per heavy atom. The van der Waals surface area contributed by atoms with Crippen LogP contribution in [0.3, 0.4) is 0 Å². The Morgan fingerprint density at radius 1 is 1.25 bits per heavy atom. The molecule has 2 rings (SSSR count). The van der Waals surface area contributed by atoms with Crippen LogP contribution in [-0.4, -0.2) is 6.10 Å². The SMILES string of the molecule is CC1CCCCC1Oc1ccc(C(F)(F)F)c(C#N)c1. The molecule has 108 valence electrons. The van der Waals surface area contributed by atoms with Crippen molar-refractivity contribution in [2.75, 3.05) is 0 Å². The van der Waals surface area contributed by atoms with Crippen molar-refractivity contribution in [3.8, 4) is 11.8 Å². The topological polar surface area (TPSA) is 33.0 Å². The van der Waals surface area contributed by atoms with Crippen molar-refractivity contribution in [3.63, 3.8) is 0 Å². The van der Waals surface area contributed by atoms with E-state index in [1.807, 2.05) is 0 Å². The molecule has 0 spiro atoms. The lowest BCUT2D eigenvalue weighted by molar-refractivity contribution is -0.137. The molecule has 0 aromatic heterocycles. The van der Waals surface area contributed by atoms with Gasteiger partial charge >= 0.3 is 6.18 Å². The minimum Gasteiger partial charge on any atom is -0.490 e. The monoisotopic (exact) mass is 283 g/mol. The highest BCUT2D eigenvalue weighted by Gasteiger charge is 2.34. The number of rotatable bonds is 2. The molecular formula is C15H16F3NO. The van der Waals surface area contributed by atoms with Crippen LogP contribution >= 0.6 is 0 Å². The van der Waals surface area contributed by atoms with Crippen LogP contribution in [0.1, 0.15) is 43.7 Å². The average molecular weight is 283 g/mol. The van der Waals surface area contributed by atoms with E-state index in [1.165, 1.54) is 12.1 Å². The van der Waals surface area contributed by atoms with Crippen LogP contribution in [0.25, 0.3) is 0 Å². The first-order valence-electron chi connectivity index (χ1n) is 6.70. The Bertz CT molecular complexity index is 519. The second kappa shape index (κ2) is 5.74. The van der Waals surface area contributed by atoms with Gasteiger partial charge < -0.3 is 4.74 Å². The molecule has 0 N–H and O–H groups in total. The largest absolute Gasteiger partial charge is 0.490 e. The molecule has 20 heavy (non-hydrogen) atoms. The molecule has 1 aromatic carbocycles. The lowest BCUT2D eigenvalue weighted by Gasteiger charge is -2.29. The van der Waals surface area contributed by atoms with Crippen LogP contribution < -0.4 is 4.74 Å². The summed E-state index contributed by atoms with van der Waals surface area (Å²) in [6, 6.07) is 4.99. The second-order valence-corrected chi connectivity index (χ2v) is 5.23. The number of alkyl halides is 3. The van der Waals surface area contributed by atoms with E-state index in [1.54, 1.807) is 6.07 Å². The number of nitriles is 1. The summed E-state index contributed by atoms with van der Waals surface area (Å²) in [6.45, 7) is 2.08. The van der Waals surface area contributed by atoms with Gasteiger partial charge in [-0.25, -0.2) is 0 Å². The normalized spacial score (nSPS) is 23.1. The van der Waals surface area contributed by atoms with E-state index in [4.69, 9.17) is 10.00 Å². The van der Waals surface area contributed by atoms with Crippen LogP contribution in [0.15, 0.2) is 18.2 Å². The van der Waals surface area contributed by atoms with Gasteiger partial charge in [0.1, 0.15) is 11.9 Å². The first-order chi connectivity index (χ1) is 9.41. The number of hydrogen-bond acceptors (Lipinski definition) is 2. The fourth-order valence-electron chi connectivity index (χ4n) is 2.57. The first kappa shape index (κ1) is 14.7. The van der Waals surface area contributed by atoms with Crippen molar-refractivity contribution in [1.82, 2.24) is 0 Å². The van der Waals surface area contributed by atoms with E-state index >= 15 is 0 Å². The molecule has 1 aliphatic rings. The predicted octanol–water partition coefficient (Wildman–Crippen LogP) is 4.53. The van der Waals surface area contributed by atoms with Crippen LogP contribution in [0, 0.1) is 17.2 Å². The zero-order chi connectivity index (χ0) is 14.8. The molecular weight excluding hydrogens is 267 g/mol. The molecule has 2 unspecified atom stereocenters. The van der Waals surface area contributed by atoms with E-state index in [0.29, 0.717) is 11.7 Å². The summed E-state index contributed by atoms with van der Waals surface area (Å²) in [7, 11) is 0. The summed E-state index contributed by atoms with van der Waals surface area (Å²) in [4.78, 5) is 0. The molecule has 1 saturated carbocycles. The van der Waals surface area contributed by atoms with Gasteiger partial charge in [-0.15, -0.1) is 0 Å². The van der Waals surface area contributed by atoms with E-state index in [0.717, 1.165) is 31.7 Å². The van der Waals surface area contributed by atoms with Gasteiger partial charge in [-0.1, -0.05) is 13.3 Å². The van der Waals surface area contributed by atoms with Crippen molar-refractivity contribution in [2.24, 2.45) is 5.92 Å². The maximum absolute atomic E-state index is 12.7. The van der Waals surface area contributed by atoms with Gasteiger partial charge in [0, 0.05) is 0 Å². The average Bonchev–Trinajstić information content (AvgIpc) is 2.40. The second-order valence-electron chi connectivity index (χ2n) is 5.23. The first-order valence-corrected chi connectivity index (χ1v) is 6.70. The van der Waals surface area contributed by atoms with Crippen LogP contribution in [0.5, 0.6) is 5.75 Å². The molecule has 5 heteroatoms. The third kappa shape index (κ3) is 3.24. The number of hydrogen-bond donors (Lipinski definition) is 0. The van der Waals surface area contributed by atoms with Gasteiger partial charge in [0.15, 0.2) is 0 Å². The lowest BCUT2D eigenvalue weighted by atomic mass is 9.88. The summed E-state index contributed by atoms with van der Waals surface area (Å²) in [6.07, 6.45) is -0.285. The minimum absolute atomic E-state index is 0.0204. The maximum Gasteiger partial charge on any atom is 0.417 e. The Hall–Kier alpha value is -1.70. The van der Waals surface area contributed by atoms with Gasteiger partial charge in [-0.05, 0) is 43.4 Å². The van der Waals surface area contributed by atoms with Crippen molar-refractivity contribution >= 4 is 0 Å². The van der Waals surface area contributed by atoms with Gasteiger partial charge in [0.2, 0.25) is 0 Å². The maximum atomic E-state index is 12.7. The van der Waals surface area contributed by atoms with Gasteiger partial charge in [0.25, 0.3) is 0 Å². The number of halogens is 3. The third-order valence-corrected chi connectivity index (χ3v) is 3.74. The number of ether oxygens (including phenoxy) is 1. The fraction of sp³-hybridized carbons (Fsp3) is 0.533. The molecule has 0 saturated heterocycles. The quantitative estimate of drug-likeness (QED) is 0.798. The molecule has 1 aliphatic carbocycles. The third-order valence-electron chi connectivity index (χ3n) is 3.74. The molecule has 1 fully saturated rings. The van der Waals surface area contributed by atoms with Crippen molar-refractivity contribution in [2.45, 2.75) is 44.9 Å². The Labute approximate surface area is 116 Å². The molecule has 2 nitrogen and oxygen atoms in total. The molecule has 0 radical (unpaired) electrons. The van der Waals surface area contributed by atoms with Crippen LogP contribution in [0.4, 0.5) is 13.2 Å². The molecule has 2 atom stereocenters. The van der Waals surface area contributed by atoms with Crippen LogP contribution in [0.2, 0.25) is 0 Å². The lowest BCUT2D eigenvalue weighted by Crippen LogP contribution is -2.28. The number of nitrogens with zero attached hydrogens (tertiary/aromatic N) is 1. The standard InChI is InChI=1S/C15H16F3NO/c1-10-4-2-3-5-14(10)20-12-6-7-13(15(16,17)18)11(8-12)9-19/h6-8,10,14H,2-5H2,1H3. The Balaban J connectivity index is 2.20. The smallest absolute Gasteiger partial charge is 0.417 e. The van der Waals surface area contributed by atoms with Gasteiger partial charge in [0.05, 0.1) is 17.2 Å². The van der Waals surface area contributed by atoms with Crippen molar-refractivity contribution in [3.05, 3.63) is 29.3 Å². The summed E-state index contributed by atoms with van der Waals surface area (Å²) in [5, 5.41) is 8.86. The Kier molecular flexibility index (Phi) is 4.22. The van der Waals surface area contributed by atoms with E-state index < -0.39 is 17.3 Å². The zero-order valence-corrected chi connectivity index (χ0v) is 11.2. The van der Waals surface area contributed by atoms with E-state index in [9.17, 15) is 13.2 Å². The Morgan fingerprint density at radius 2 is 1.95 bits per heavy atom. The molecule has 0 heterocycles. The van der Waals surface area contributed by atoms with Gasteiger partial charge in [-0.2, -0.15) is 18.4 Å². The van der Waals surface area contributed by atoms with E-state index in [2.05, 4.69) is 6.92 Å². The molecule has 1 aromatic rings. The van der Waals surface area contributed by atoms with Crippen molar-refractivity contribution < 1.29 is 17.9 Å². The summed E-state index contributed by atoms with van der Waals surface area (Å²) in [5.41, 5.74) is -1.30. The van der Waals surface area contributed by atoms with Gasteiger partial charge in [-0.3, -0.25) is 0 Å². The number of benzene rings is 1. The highest BCUT2D eigenvalue weighted by molar-refractivity contribution is 5.44. The molecule has 0 bridgehead atoms. The highest BCUT2D eigenvalue weighted by Crippen LogP contribution is 2.34. The molecule has 0 aliphatic heterocycles. The zero-order valence-electron chi connectivity index (χ0n) is 11.2. The minimum atomic E-state index is -4.51. The highest BCUT2D eigenvalue weighted by atomic mass is 19.4. The predicted molar refractivity (Wildman–Crippen MR) is 68.2 cm³/mol. The summed E-state index contributed by atoms with van der Waals surface area (Å²) >= 11 is 0. The summed E-state index contributed by atoms with van der Waals surface area (Å²) < 4.78 is 43.8. The van der Waals surface area contributed by atoms with Crippen LogP contribution in [-0.2, 0) is 6.18 Å². The fourth-order valence-corrected chi connectivity index (χ4v) is 2.57.